The molecule has 10 aliphatic rings. The third-order valence-corrected chi connectivity index (χ3v) is 15.5. The van der Waals surface area contributed by atoms with Crippen LogP contribution in [0.15, 0.2) is 34.5 Å². The number of rotatable bonds is 5. The van der Waals surface area contributed by atoms with Gasteiger partial charge in [0, 0.05) is 36.3 Å². The summed E-state index contributed by atoms with van der Waals surface area (Å²) in [6, 6.07) is 7.58. The van der Waals surface area contributed by atoms with E-state index in [1.807, 2.05) is 12.1 Å². The van der Waals surface area contributed by atoms with Gasteiger partial charge in [-0.1, -0.05) is 12.1 Å². The summed E-state index contributed by atoms with van der Waals surface area (Å²) >= 11 is 0. The number of benzene rings is 2. The summed E-state index contributed by atoms with van der Waals surface area (Å²) in [6.45, 7) is 3.86. The summed E-state index contributed by atoms with van der Waals surface area (Å²) in [5.41, 5.74) is 2.56. The summed E-state index contributed by atoms with van der Waals surface area (Å²) in [4.78, 5) is 5.09. The van der Waals surface area contributed by atoms with Crippen LogP contribution in [-0.4, -0.2) is 103 Å². The van der Waals surface area contributed by atoms with Gasteiger partial charge in [-0.25, -0.2) is 0 Å². The monoisotopic (exact) mass is 678 g/mol. The SMILES string of the molecule is Oc1ccc2c3c1OC1/C(=N\N=C4\CCC5(O)C6Cc7ccc(O)c8c7C5(CCN6CC5CC5)C4O8)CCC4(O)C(C2)N(CC2CC2)CCC314. The van der Waals surface area contributed by atoms with Gasteiger partial charge in [0.2, 0.25) is 0 Å². The van der Waals surface area contributed by atoms with Gasteiger partial charge in [0.15, 0.2) is 35.2 Å². The van der Waals surface area contributed by atoms with E-state index in [1.165, 1.54) is 36.8 Å². The van der Waals surface area contributed by atoms with E-state index in [4.69, 9.17) is 19.7 Å². The van der Waals surface area contributed by atoms with Crippen molar-refractivity contribution in [2.75, 3.05) is 26.2 Å². The minimum absolute atomic E-state index is 0.00576. The number of aliphatic hydroxyl groups is 2. The average molecular weight is 679 g/mol. The van der Waals surface area contributed by atoms with E-state index in [9.17, 15) is 20.4 Å². The fourth-order valence-corrected chi connectivity index (χ4v) is 12.9. The second-order valence-corrected chi connectivity index (χ2v) is 17.7. The van der Waals surface area contributed by atoms with Crippen LogP contribution in [0.5, 0.6) is 23.0 Å². The Morgan fingerprint density at radius 3 is 1.50 bits per heavy atom. The number of piperidine rings is 2. The lowest BCUT2D eigenvalue weighted by Gasteiger charge is -2.63. The lowest BCUT2D eigenvalue weighted by molar-refractivity contribution is -0.167. The summed E-state index contributed by atoms with van der Waals surface area (Å²) in [5, 5.41) is 58.0. The predicted octanol–water partition coefficient (Wildman–Crippen LogP) is 3.72. The van der Waals surface area contributed by atoms with Crippen molar-refractivity contribution in [3.8, 4) is 23.0 Å². The second kappa shape index (κ2) is 9.43. The molecule has 10 heteroatoms. The van der Waals surface area contributed by atoms with Crippen molar-refractivity contribution in [1.29, 1.82) is 0 Å². The number of ether oxygens (including phenoxy) is 2. The largest absolute Gasteiger partial charge is 0.504 e. The molecule has 8 atom stereocenters. The van der Waals surface area contributed by atoms with E-state index in [0.29, 0.717) is 37.2 Å². The smallest absolute Gasteiger partial charge is 0.166 e. The molecule has 262 valence electrons. The minimum Gasteiger partial charge on any atom is -0.504 e. The molecule has 6 aliphatic carbocycles. The molecule has 8 unspecified atom stereocenters. The molecule has 4 aliphatic heterocycles. The molecule has 50 heavy (non-hydrogen) atoms. The van der Waals surface area contributed by atoms with Gasteiger partial charge in [-0.15, -0.1) is 0 Å². The molecule has 10 nitrogen and oxygen atoms in total. The van der Waals surface area contributed by atoms with Gasteiger partial charge in [-0.3, -0.25) is 9.80 Å². The van der Waals surface area contributed by atoms with Crippen LogP contribution < -0.4 is 9.47 Å². The molecule has 4 heterocycles. The standard InChI is InChI=1S/C40H46N4O6/c45-27-7-5-23-17-29-39(47)11-9-25(35-37(39,31(23)33(27)49-35)13-15-43(29)19-21-1-2-21)41-42-26-10-12-40(48)30-18-24-6-8-28(46)34-32(24)38(40,36(26)50-34)14-16-44(30)20-22-3-4-22/h5-8,21-22,29-30,35-36,45-48H,1-4,9-20H2/b41-25-,42-26-. The molecule has 0 amide bonds. The number of likely N-dealkylation sites (tertiary alicyclic amines) is 2. The van der Waals surface area contributed by atoms with E-state index in [0.717, 1.165) is 86.2 Å². The van der Waals surface area contributed by atoms with Crippen LogP contribution in [-0.2, 0) is 23.7 Å². The fraction of sp³-hybridized carbons (Fsp3) is 0.650. The summed E-state index contributed by atoms with van der Waals surface area (Å²) in [6.07, 6.45) is 9.35. The summed E-state index contributed by atoms with van der Waals surface area (Å²) in [7, 11) is 0. The first-order valence-electron chi connectivity index (χ1n) is 19.4. The van der Waals surface area contributed by atoms with Gasteiger partial charge >= 0.3 is 0 Å². The Morgan fingerprint density at radius 2 is 1.08 bits per heavy atom. The van der Waals surface area contributed by atoms with Crippen molar-refractivity contribution in [3.05, 3.63) is 46.5 Å². The van der Waals surface area contributed by atoms with E-state index < -0.39 is 34.2 Å². The molecule has 4 bridgehead atoms. The van der Waals surface area contributed by atoms with Crippen molar-refractivity contribution < 1.29 is 29.9 Å². The number of phenolic OH excluding ortho intramolecular Hbond substituents is 2. The van der Waals surface area contributed by atoms with Crippen molar-refractivity contribution in [2.45, 2.75) is 123 Å². The van der Waals surface area contributed by atoms with Gasteiger partial charge < -0.3 is 29.9 Å². The van der Waals surface area contributed by atoms with Gasteiger partial charge in [0.1, 0.15) is 0 Å². The first-order chi connectivity index (χ1) is 24.2. The van der Waals surface area contributed by atoms with E-state index in [2.05, 4.69) is 9.80 Å². The van der Waals surface area contributed by atoms with Gasteiger partial charge in [-0.2, -0.15) is 10.2 Å². The maximum atomic E-state index is 12.9. The highest BCUT2D eigenvalue weighted by Crippen LogP contribution is 2.67. The molecule has 2 saturated heterocycles. The predicted molar refractivity (Wildman–Crippen MR) is 184 cm³/mol. The quantitative estimate of drug-likeness (QED) is 0.353. The molecule has 0 aromatic heterocycles. The number of nitrogens with zero attached hydrogens (tertiary/aromatic N) is 4. The molecular formula is C40H46N4O6. The Hall–Kier alpha value is -3.18. The number of phenols is 2. The lowest BCUT2D eigenvalue weighted by Crippen LogP contribution is -2.76. The Kier molecular flexibility index (Phi) is 5.54. The Morgan fingerprint density at radius 1 is 0.640 bits per heavy atom. The molecule has 2 spiro atoms. The second-order valence-electron chi connectivity index (χ2n) is 17.7. The van der Waals surface area contributed by atoms with Gasteiger partial charge in [0.25, 0.3) is 0 Å². The molecular weight excluding hydrogens is 632 g/mol. The highest BCUT2D eigenvalue weighted by atomic mass is 16.5. The van der Waals surface area contributed by atoms with E-state index in [-0.39, 0.29) is 23.6 Å². The zero-order valence-electron chi connectivity index (χ0n) is 28.5. The highest BCUT2D eigenvalue weighted by molar-refractivity contribution is 5.97. The first kappa shape index (κ1) is 29.4. The Labute approximate surface area is 291 Å². The highest BCUT2D eigenvalue weighted by Gasteiger charge is 2.74. The van der Waals surface area contributed by atoms with Crippen LogP contribution >= 0.6 is 0 Å². The maximum absolute atomic E-state index is 12.9. The minimum atomic E-state index is -0.987. The van der Waals surface area contributed by atoms with Crippen LogP contribution in [0.2, 0.25) is 0 Å². The van der Waals surface area contributed by atoms with Crippen LogP contribution in [0.4, 0.5) is 0 Å². The number of hydrogen-bond donors (Lipinski definition) is 4. The molecule has 2 aromatic carbocycles. The van der Waals surface area contributed by atoms with Gasteiger partial charge in [-0.05, 0) is 125 Å². The third kappa shape index (κ3) is 3.37. The van der Waals surface area contributed by atoms with Crippen molar-refractivity contribution in [3.63, 3.8) is 0 Å². The van der Waals surface area contributed by atoms with Crippen molar-refractivity contribution in [1.82, 2.24) is 9.80 Å². The molecule has 2 aromatic rings. The van der Waals surface area contributed by atoms with Crippen molar-refractivity contribution >= 4 is 11.4 Å². The molecule has 4 saturated carbocycles. The number of hydrogen-bond acceptors (Lipinski definition) is 10. The maximum Gasteiger partial charge on any atom is 0.166 e. The molecule has 12 rings (SSSR count). The fourth-order valence-electron chi connectivity index (χ4n) is 12.9. The van der Waals surface area contributed by atoms with E-state index >= 15 is 0 Å². The van der Waals surface area contributed by atoms with Crippen LogP contribution in [0, 0.1) is 11.8 Å². The first-order valence-corrected chi connectivity index (χ1v) is 19.4. The molecule has 4 N–H and O–H groups in total. The van der Waals surface area contributed by atoms with Crippen LogP contribution in [0.25, 0.3) is 0 Å². The summed E-state index contributed by atoms with van der Waals surface area (Å²) < 4.78 is 13.5. The topological polar surface area (TPSA) is 131 Å². The van der Waals surface area contributed by atoms with E-state index in [1.54, 1.807) is 12.1 Å². The van der Waals surface area contributed by atoms with Crippen LogP contribution in [0.3, 0.4) is 0 Å². The summed E-state index contributed by atoms with van der Waals surface area (Å²) in [5.74, 6) is 2.72. The lowest BCUT2D eigenvalue weighted by atomic mass is 9.48. The Balaban J connectivity index is 0.947. The zero-order chi connectivity index (χ0) is 33.4. The molecule has 6 fully saturated rings. The van der Waals surface area contributed by atoms with Crippen molar-refractivity contribution in [2.24, 2.45) is 22.0 Å². The zero-order valence-corrected chi connectivity index (χ0v) is 28.5. The molecule has 0 radical (unpaired) electrons. The Bertz CT molecular complexity index is 1800. The third-order valence-electron chi connectivity index (χ3n) is 15.5. The van der Waals surface area contributed by atoms with Crippen LogP contribution in [0.1, 0.15) is 86.5 Å². The normalized spacial score (nSPS) is 43.4. The number of aromatic hydroxyl groups is 2. The van der Waals surface area contributed by atoms with Gasteiger partial charge in [0.05, 0.1) is 33.5 Å². The average Bonchev–Trinajstić information content (AvgIpc) is 4.03.